The molecule has 17 heavy (non-hydrogen) atoms. The van der Waals surface area contributed by atoms with Gasteiger partial charge in [0.2, 0.25) is 0 Å². The van der Waals surface area contributed by atoms with Gasteiger partial charge in [-0.05, 0) is 25.0 Å². The summed E-state index contributed by atoms with van der Waals surface area (Å²) in [5.41, 5.74) is 1.21. The highest BCUT2D eigenvalue weighted by atomic mass is 35.5. The van der Waals surface area contributed by atoms with Crippen LogP contribution in [0.2, 0.25) is 0 Å². The molecule has 1 atom stereocenters. The van der Waals surface area contributed by atoms with Gasteiger partial charge in [0.1, 0.15) is 0 Å². The third-order valence-corrected chi connectivity index (χ3v) is 4.03. The first-order valence-corrected chi connectivity index (χ1v) is 6.85. The highest BCUT2D eigenvalue weighted by Gasteiger charge is 2.11. The fourth-order valence-corrected chi connectivity index (χ4v) is 2.39. The fourth-order valence-electron chi connectivity index (χ4n) is 1.22. The number of nitrogens with zero attached hydrogens (tertiary/aromatic N) is 1. The van der Waals surface area contributed by atoms with Crippen LogP contribution in [0.15, 0.2) is 17.2 Å². The van der Waals surface area contributed by atoms with Crippen molar-refractivity contribution in [1.82, 2.24) is 4.98 Å². The van der Waals surface area contributed by atoms with E-state index in [2.05, 4.69) is 16.6 Å². The largest absolute Gasteiger partial charge is 0.465 e. The van der Waals surface area contributed by atoms with Crippen LogP contribution in [0, 0.1) is 12.8 Å². The number of rotatable bonds is 5. The van der Waals surface area contributed by atoms with Crippen LogP contribution < -0.4 is 0 Å². The molecule has 0 aliphatic rings. The van der Waals surface area contributed by atoms with Gasteiger partial charge in [-0.2, -0.15) is 0 Å². The highest BCUT2D eigenvalue weighted by molar-refractivity contribution is 7.99. The number of aromatic nitrogens is 1. The van der Waals surface area contributed by atoms with Crippen molar-refractivity contribution < 1.29 is 9.53 Å². The average Bonchev–Trinajstić information content (AvgIpc) is 2.35. The van der Waals surface area contributed by atoms with Crippen LogP contribution in [0.1, 0.15) is 23.0 Å². The van der Waals surface area contributed by atoms with Crippen LogP contribution in [0.5, 0.6) is 0 Å². The third-order valence-electron chi connectivity index (χ3n) is 2.24. The standard InChI is InChI=1S/C12H16ClNO2S/c1-8(6-13)7-17-11-5-4-10(9(2)14-11)12(15)16-3/h4-5,8H,6-7H2,1-3H3. The summed E-state index contributed by atoms with van der Waals surface area (Å²) in [7, 11) is 1.37. The number of halogens is 1. The molecule has 0 N–H and O–H groups in total. The van der Waals surface area contributed by atoms with E-state index in [1.54, 1.807) is 24.8 Å². The number of esters is 1. The van der Waals surface area contributed by atoms with E-state index < -0.39 is 0 Å². The van der Waals surface area contributed by atoms with Crippen molar-refractivity contribution in [2.24, 2.45) is 5.92 Å². The number of pyridine rings is 1. The number of thioether (sulfide) groups is 1. The lowest BCUT2D eigenvalue weighted by molar-refractivity contribution is 0.0599. The Morgan fingerprint density at radius 1 is 1.59 bits per heavy atom. The molecule has 0 saturated carbocycles. The summed E-state index contributed by atoms with van der Waals surface area (Å²) >= 11 is 7.39. The third kappa shape index (κ3) is 4.21. The summed E-state index contributed by atoms with van der Waals surface area (Å²) in [6.45, 7) is 3.90. The summed E-state index contributed by atoms with van der Waals surface area (Å²) in [4.78, 5) is 15.7. The predicted molar refractivity (Wildman–Crippen MR) is 70.9 cm³/mol. The molecule has 0 fully saturated rings. The van der Waals surface area contributed by atoms with Crippen LogP contribution in [0.4, 0.5) is 0 Å². The molecule has 1 heterocycles. The Hall–Kier alpha value is -0.740. The quantitative estimate of drug-likeness (QED) is 0.469. The number of ether oxygens (including phenoxy) is 1. The first-order chi connectivity index (χ1) is 8.08. The number of alkyl halides is 1. The van der Waals surface area contributed by atoms with Gasteiger partial charge >= 0.3 is 5.97 Å². The molecule has 0 aliphatic carbocycles. The van der Waals surface area contributed by atoms with E-state index in [0.29, 0.717) is 23.1 Å². The Bertz CT molecular complexity index is 398. The molecule has 0 spiro atoms. The maximum absolute atomic E-state index is 11.4. The first kappa shape index (κ1) is 14.3. The summed E-state index contributed by atoms with van der Waals surface area (Å²) in [6, 6.07) is 3.59. The van der Waals surface area contributed by atoms with Crippen molar-refractivity contribution in [2.45, 2.75) is 18.9 Å². The van der Waals surface area contributed by atoms with Gasteiger partial charge in [-0.25, -0.2) is 9.78 Å². The van der Waals surface area contributed by atoms with Crippen molar-refractivity contribution in [2.75, 3.05) is 18.7 Å². The van der Waals surface area contributed by atoms with E-state index in [0.717, 1.165) is 10.8 Å². The monoisotopic (exact) mass is 273 g/mol. The number of hydrogen-bond donors (Lipinski definition) is 0. The molecule has 0 saturated heterocycles. The van der Waals surface area contributed by atoms with Gasteiger partial charge in [0.25, 0.3) is 0 Å². The minimum atomic E-state index is -0.347. The number of aryl methyl sites for hydroxylation is 1. The van der Waals surface area contributed by atoms with Gasteiger partial charge in [-0.3, -0.25) is 0 Å². The lowest BCUT2D eigenvalue weighted by atomic mass is 10.2. The maximum Gasteiger partial charge on any atom is 0.339 e. The van der Waals surface area contributed by atoms with E-state index in [1.165, 1.54) is 7.11 Å². The van der Waals surface area contributed by atoms with Gasteiger partial charge in [-0.1, -0.05) is 6.92 Å². The minimum Gasteiger partial charge on any atom is -0.465 e. The van der Waals surface area contributed by atoms with Gasteiger partial charge in [0.15, 0.2) is 0 Å². The second-order valence-electron chi connectivity index (χ2n) is 3.84. The lowest BCUT2D eigenvalue weighted by Gasteiger charge is -2.08. The molecular formula is C12H16ClNO2S. The van der Waals surface area contributed by atoms with Crippen molar-refractivity contribution in [3.8, 4) is 0 Å². The van der Waals surface area contributed by atoms with Crippen molar-refractivity contribution in [3.63, 3.8) is 0 Å². The zero-order valence-electron chi connectivity index (χ0n) is 10.2. The maximum atomic E-state index is 11.4. The Labute approximate surface area is 111 Å². The van der Waals surface area contributed by atoms with E-state index in [9.17, 15) is 4.79 Å². The van der Waals surface area contributed by atoms with Crippen molar-refractivity contribution in [1.29, 1.82) is 0 Å². The molecule has 0 aromatic carbocycles. The summed E-state index contributed by atoms with van der Waals surface area (Å²) in [5, 5.41) is 0.909. The first-order valence-electron chi connectivity index (χ1n) is 5.33. The van der Waals surface area contributed by atoms with Gasteiger partial charge in [0.05, 0.1) is 23.4 Å². The van der Waals surface area contributed by atoms with Crippen LogP contribution >= 0.6 is 23.4 Å². The van der Waals surface area contributed by atoms with Crippen LogP contribution in [-0.2, 0) is 4.74 Å². The van der Waals surface area contributed by atoms with Crippen molar-refractivity contribution in [3.05, 3.63) is 23.4 Å². The SMILES string of the molecule is COC(=O)c1ccc(SCC(C)CCl)nc1C. The number of carbonyl (C=O) groups is 1. The fraction of sp³-hybridized carbons (Fsp3) is 0.500. The molecule has 94 valence electrons. The van der Waals surface area contributed by atoms with E-state index in [-0.39, 0.29) is 5.97 Å². The van der Waals surface area contributed by atoms with E-state index in [4.69, 9.17) is 11.6 Å². The van der Waals surface area contributed by atoms with Crippen molar-refractivity contribution >= 4 is 29.3 Å². The van der Waals surface area contributed by atoms with Gasteiger partial charge in [-0.15, -0.1) is 23.4 Å². The number of hydrogen-bond acceptors (Lipinski definition) is 4. The molecule has 3 nitrogen and oxygen atoms in total. The Kier molecular flexibility index (Phi) is 5.78. The smallest absolute Gasteiger partial charge is 0.339 e. The highest BCUT2D eigenvalue weighted by Crippen LogP contribution is 2.21. The van der Waals surface area contributed by atoms with Gasteiger partial charge < -0.3 is 4.74 Å². The summed E-state index contributed by atoms with van der Waals surface area (Å²) in [5.74, 6) is 1.67. The van der Waals surface area contributed by atoms with Crippen LogP contribution in [-0.4, -0.2) is 29.7 Å². The minimum absolute atomic E-state index is 0.347. The molecule has 1 rings (SSSR count). The molecule has 0 aliphatic heterocycles. The molecule has 0 amide bonds. The molecule has 1 aromatic heterocycles. The zero-order valence-corrected chi connectivity index (χ0v) is 11.8. The van der Waals surface area contributed by atoms with Gasteiger partial charge in [0, 0.05) is 11.6 Å². The van der Waals surface area contributed by atoms with Crippen LogP contribution in [0.3, 0.4) is 0 Å². The summed E-state index contributed by atoms with van der Waals surface area (Å²) < 4.78 is 4.67. The topological polar surface area (TPSA) is 39.2 Å². The summed E-state index contributed by atoms with van der Waals surface area (Å²) in [6.07, 6.45) is 0. The Morgan fingerprint density at radius 3 is 2.82 bits per heavy atom. The normalized spacial score (nSPS) is 12.2. The molecule has 5 heteroatoms. The zero-order chi connectivity index (χ0) is 12.8. The average molecular weight is 274 g/mol. The molecule has 1 unspecified atom stereocenters. The molecule has 1 aromatic rings. The molecule has 0 bridgehead atoms. The number of methoxy groups -OCH3 is 1. The predicted octanol–water partition coefficient (Wildman–Crippen LogP) is 3.14. The number of carbonyl (C=O) groups excluding carboxylic acids is 1. The Morgan fingerprint density at radius 2 is 2.29 bits per heavy atom. The Balaban J connectivity index is 2.72. The molecular weight excluding hydrogens is 258 g/mol. The van der Waals surface area contributed by atoms with E-state index >= 15 is 0 Å². The van der Waals surface area contributed by atoms with Crippen LogP contribution in [0.25, 0.3) is 0 Å². The second-order valence-corrected chi connectivity index (χ2v) is 5.19. The molecule has 0 radical (unpaired) electrons. The lowest BCUT2D eigenvalue weighted by Crippen LogP contribution is -2.06. The second kappa shape index (κ2) is 6.87. The van der Waals surface area contributed by atoms with E-state index in [1.807, 2.05) is 6.07 Å².